The lowest BCUT2D eigenvalue weighted by Gasteiger charge is -2.29. The number of amides is 2. The van der Waals surface area contributed by atoms with E-state index in [1.807, 2.05) is 38.1 Å². The monoisotopic (exact) mass is 466 g/mol. The van der Waals surface area contributed by atoms with Crippen molar-refractivity contribution < 1.29 is 14.3 Å². The Morgan fingerprint density at radius 1 is 1.14 bits per heavy atom. The number of nitrogens with zero attached hydrogens (tertiary/aromatic N) is 1. The number of benzene rings is 2. The van der Waals surface area contributed by atoms with Crippen molar-refractivity contribution in [2.75, 3.05) is 6.61 Å². The Morgan fingerprint density at radius 2 is 1.82 bits per heavy atom. The third-order valence-corrected chi connectivity index (χ3v) is 4.76. The van der Waals surface area contributed by atoms with E-state index in [4.69, 9.17) is 16.3 Å². The highest BCUT2D eigenvalue weighted by Crippen LogP contribution is 2.18. The molecule has 0 saturated carbocycles. The van der Waals surface area contributed by atoms with E-state index in [0.29, 0.717) is 17.3 Å². The molecule has 0 radical (unpaired) electrons. The molecule has 0 fully saturated rings. The molecule has 0 heterocycles. The Hall–Kier alpha value is -2.05. The molecule has 0 spiro atoms. The van der Waals surface area contributed by atoms with Crippen molar-refractivity contribution in [2.24, 2.45) is 0 Å². The number of halogens is 2. The third kappa shape index (κ3) is 6.84. The number of hydrogen-bond donors (Lipinski definition) is 1. The first-order chi connectivity index (χ1) is 13.3. The van der Waals surface area contributed by atoms with Gasteiger partial charge in [0.25, 0.3) is 5.91 Å². The van der Waals surface area contributed by atoms with Gasteiger partial charge in [-0.15, -0.1) is 0 Å². The van der Waals surface area contributed by atoms with Crippen LogP contribution in [0.15, 0.2) is 53.0 Å². The summed E-state index contributed by atoms with van der Waals surface area (Å²) in [6, 6.07) is 13.8. The largest absolute Gasteiger partial charge is 0.484 e. The maximum Gasteiger partial charge on any atom is 0.261 e. The van der Waals surface area contributed by atoms with Crippen LogP contribution in [-0.4, -0.2) is 35.4 Å². The number of carbonyl (C=O) groups is 2. The normalized spacial score (nSPS) is 11.8. The first kappa shape index (κ1) is 22.2. The van der Waals surface area contributed by atoms with Crippen molar-refractivity contribution >= 4 is 39.3 Å². The smallest absolute Gasteiger partial charge is 0.261 e. The van der Waals surface area contributed by atoms with E-state index >= 15 is 0 Å². The van der Waals surface area contributed by atoms with Crippen molar-refractivity contribution in [2.45, 2.75) is 39.4 Å². The summed E-state index contributed by atoms with van der Waals surface area (Å²) < 4.78 is 6.50. The molecule has 2 aromatic carbocycles. The van der Waals surface area contributed by atoms with E-state index in [9.17, 15) is 9.59 Å². The first-order valence-electron chi connectivity index (χ1n) is 8.99. The number of nitrogens with one attached hydrogen (secondary N) is 1. The lowest BCUT2D eigenvalue weighted by molar-refractivity contribution is -0.142. The lowest BCUT2D eigenvalue weighted by Crippen LogP contribution is -2.50. The van der Waals surface area contributed by atoms with Gasteiger partial charge in [0.05, 0.1) is 0 Å². The summed E-state index contributed by atoms with van der Waals surface area (Å²) in [5.74, 6) is 0.0608. The predicted molar refractivity (Wildman–Crippen MR) is 114 cm³/mol. The molecule has 0 aliphatic rings. The molecule has 2 aromatic rings. The minimum Gasteiger partial charge on any atom is -0.484 e. The lowest BCUT2D eigenvalue weighted by atomic mass is 10.1. The van der Waals surface area contributed by atoms with E-state index in [1.54, 1.807) is 31.2 Å². The van der Waals surface area contributed by atoms with Crippen LogP contribution in [0.3, 0.4) is 0 Å². The molecule has 0 unspecified atom stereocenters. The summed E-state index contributed by atoms with van der Waals surface area (Å²) in [5, 5.41) is 3.45. The molecule has 0 saturated heterocycles. The molecular weight excluding hydrogens is 444 g/mol. The first-order valence-corrected chi connectivity index (χ1v) is 10.2. The summed E-state index contributed by atoms with van der Waals surface area (Å²) in [6.45, 7) is 5.61. The van der Waals surface area contributed by atoms with Gasteiger partial charge in [-0.3, -0.25) is 9.59 Å². The van der Waals surface area contributed by atoms with Crippen molar-refractivity contribution in [3.8, 4) is 5.75 Å². The second-order valence-corrected chi connectivity index (χ2v) is 8.09. The second kappa shape index (κ2) is 10.5. The summed E-state index contributed by atoms with van der Waals surface area (Å²) in [5.41, 5.74) is 0.915. The Labute approximate surface area is 179 Å². The molecule has 2 rings (SSSR count). The van der Waals surface area contributed by atoms with Crippen molar-refractivity contribution in [1.82, 2.24) is 10.2 Å². The molecule has 1 atom stereocenters. The van der Waals surface area contributed by atoms with E-state index in [-0.39, 0.29) is 24.5 Å². The Kier molecular flexibility index (Phi) is 8.33. The molecule has 150 valence electrons. The SMILES string of the molecule is CC(C)NC(=O)[C@H](C)N(Cc1cccc(Br)c1)C(=O)COc1ccc(Cl)cc1. The van der Waals surface area contributed by atoms with Crippen LogP contribution in [0, 0.1) is 0 Å². The van der Waals surface area contributed by atoms with Crippen LogP contribution in [0.1, 0.15) is 26.3 Å². The molecule has 28 heavy (non-hydrogen) atoms. The summed E-state index contributed by atoms with van der Waals surface area (Å²) >= 11 is 9.30. The fourth-order valence-corrected chi connectivity index (χ4v) is 3.15. The van der Waals surface area contributed by atoms with Crippen LogP contribution in [-0.2, 0) is 16.1 Å². The fraction of sp³-hybridized carbons (Fsp3) is 0.333. The standard InChI is InChI=1S/C21H24BrClN2O3/c1-14(2)24-21(27)15(3)25(12-16-5-4-6-17(22)11-16)20(26)13-28-19-9-7-18(23)8-10-19/h4-11,14-15H,12-13H2,1-3H3,(H,24,27)/t15-/m0/s1. The molecule has 2 amide bonds. The zero-order valence-corrected chi connectivity index (χ0v) is 18.5. The third-order valence-electron chi connectivity index (χ3n) is 4.02. The van der Waals surface area contributed by atoms with E-state index < -0.39 is 6.04 Å². The van der Waals surface area contributed by atoms with Gasteiger partial charge in [0.2, 0.25) is 5.91 Å². The van der Waals surface area contributed by atoms with Gasteiger partial charge in [0.15, 0.2) is 6.61 Å². The van der Waals surface area contributed by atoms with Gasteiger partial charge < -0.3 is 15.0 Å². The van der Waals surface area contributed by atoms with E-state index in [1.165, 1.54) is 4.90 Å². The molecule has 0 bridgehead atoms. The molecular formula is C21H24BrClN2O3. The number of hydrogen-bond acceptors (Lipinski definition) is 3. The van der Waals surface area contributed by atoms with Crippen molar-refractivity contribution in [3.05, 3.63) is 63.6 Å². The van der Waals surface area contributed by atoms with Crippen LogP contribution in [0.4, 0.5) is 0 Å². The minimum absolute atomic E-state index is 0.0110. The minimum atomic E-state index is -0.636. The van der Waals surface area contributed by atoms with Gasteiger partial charge in [-0.1, -0.05) is 39.7 Å². The Balaban J connectivity index is 2.14. The summed E-state index contributed by atoms with van der Waals surface area (Å²) in [6.07, 6.45) is 0. The summed E-state index contributed by atoms with van der Waals surface area (Å²) in [7, 11) is 0. The Bertz CT molecular complexity index is 812. The maximum absolute atomic E-state index is 12.9. The van der Waals surface area contributed by atoms with Gasteiger partial charge in [0.1, 0.15) is 11.8 Å². The molecule has 5 nitrogen and oxygen atoms in total. The topological polar surface area (TPSA) is 58.6 Å². The molecule has 0 aromatic heterocycles. The van der Waals surface area contributed by atoms with Gasteiger partial charge in [-0.25, -0.2) is 0 Å². The zero-order chi connectivity index (χ0) is 20.7. The fourth-order valence-electron chi connectivity index (χ4n) is 2.58. The van der Waals surface area contributed by atoms with Gasteiger partial charge >= 0.3 is 0 Å². The predicted octanol–water partition coefficient (Wildman–Crippen LogP) is 4.42. The van der Waals surface area contributed by atoms with Gasteiger partial charge in [0, 0.05) is 22.1 Å². The molecule has 1 N–H and O–H groups in total. The number of rotatable bonds is 8. The van der Waals surface area contributed by atoms with Gasteiger partial charge in [-0.2, -0.15) is 0 Å². The number of ether oxygens (including phenoxy) is 1. The average molecular weight is 468 g/mol. The highest BCUT2D eigenvalue weighted by molar-refractivity contribution is 9.10. The van der Waals surface area contributed by atoms with E-state index in [2.05, 4.69) is 21.2 Å². The highest BCUT2D eigenvalue weighted by Gasteiger charge is 2.26. The Morgan fingerprint density at radius 3 is 2.43 bits per heavy atom. The summed E-state index contributed by atoms with van der Waals surface area (Å²) in [4.78, 5) is 26.9. The molecule has 0 aliphatic heterocycles. The molecule has 0 aliphatic carbocycles. The number of carbonyl (C=O) groups excluding carboxylic acids is 2. The zero-order valence-electron chi connectivity index (χ0n) is 16.1. The average Bonchev–Trinajstić information content (AvgIpc) is 2.64. The van der Waals surface area contributed by atoms with E-state index in [0.717, 1.165) is 10.0 Å². The quantitative estimate of drug-likeness (QED) is 0.625. The maximum atomic E-state index is 12.9. The molecule has 7 heteroatoms. The van der Waals surface area contributed by atoms with Crippen LogP contribution in [0.25, 0.3) is 0 Å². The second-order valence-electron chi connectivity index (χ2n) is 6.73. The van der Waals surface area contributed by atoms with Crippen LogP contribution in [0.2, 0.25) is 5.02 Å². The van der Waals surface area contributed by atoms with Crippen LogP contribution < -0.4 is 10.1 Å². The van der Waals surface area contributed by atoms with Crippen molar-refractivity contribution in [1.29, 1.82) is 0 Å². The van der Waals surface area contributed by atoms with Crippen LogP contribution in [0.5, 0.6) is 5.75 Å². The van der Waals surface area contributed by atoms with Gasteiger partial charge in [-0.05, 0) is 62.7 Å². The highest BCUT2D eigenvalue weighted by atomic mass is 79.9. The van der Waals surface area contributed by atoms with Crippen LogP contribution >= 0.6 is 27.5 Å². The van der Waals surface area contributed by atoms with Crippen molar-refractivity contribution in [3.63, 3.8) is 0 Å².